The van der Waals surface area contributed by atoms with Crippen molar-refractivity contribution in [2.75, 3.05) is 75.1 Å². The number of benzene rings is 14. The number of hydrogen-bond acceptors (Lipinski definition) is 8. The van der Waals surface area contributed by atoms with Crippen molar-refractivity contribution in [3.63, 3.8) is 0 Å². The van der Waals surface area contributed by atoms with E-state index in [1.165, 1.54) is 52.4 Å². The molecule has 0 fully saturated rings. The number of amides is 6. The molecule has 0 aromatic heterocycles. The average molecular weight is 1830 g/mol. The zero-order valence-corrected chi connectivity index (χ0v) is 70.9. The summed E-state index contributed by atoms with van der Waals surface area (Å²) in [4.78, 5) is 93.4. The van der Waals surface area contributed by atoms with Gasteiger partial charge < -0.3 is 24.5 Å². The quantitative estimate of drug-likeness (QED) is 0.0387. The van der Waals surface area contributed by atoms with Crippen LogP contribution in [0.5, 0.6) is 0 Å². The van der Waals surface area contributed by atoms with E-state index in [-0.39, 0.29) is 39.8 Å². The molecule has 6 heterocycles. The molecule has 0 N–H and O–H groups in total. The Balaban J connectivity index is 0.000000119. The number of alkyl halides is 10. The molecule has 0 saturated carbocycles. The van der Waals surface area contributed by atoms with Gasteiger partial charge in [-0.2, -0.15) is 43.9 Å². The van der Waals surface area contributed by atoms with Crippen LogP contribution in [-0.4, -0.2) is 106 Å². The summed E-state index contributed by atoms with van der Waals surface area (Å²) in [5, 5.41) is 9.49. The Bertz CT molecular complexity index is 6970. The molecule has 0 radical (unpaired) electrons. The van der Waals surface area contributed by atoms with Gasteiger partial charge in [0.05, 0.1) is 46.2 Å². The number of carbonyl (C=O) groups is 7. The summed E-state index contributed by atoms with van der Waals surface area (Å²) in [6, 6.07) is 57.6. The first kappa shape index (κ1) is 89.2. The molecule has 20 rings (SSSR count). The molecule has 0 aliphatic carbocycles. The lowest BCUT2D eigenvalue weighted by molar-refractivity contribution is -0.351. The number of halogens is 16. The maximum atomic E-state index is 14.0. The fourth-order valence-corrected chi connectivity index (χ4v) is 17.5. The first-order valence-electron chi connectivity index (χ1n) is 39.9. The van der Waals surface area contributed by atoms with E-state index in [0.29, 0.717) is 50.7 Å². The van der Waals surface area contributed by atoms with E-state index in [9.17, 15) is 99.4 Å². The maximum Gasteiger partial charge on any atom is 0.462 e. The van der Waals surface area contributed by atoms with Gasteiger partial charge in [-0.1, -0.05) is 177 Å². The van der Waals surface area contributed by atoms with Crippen LogP contribution in [0.3, 0.4) is 0 Å². The molecule has 6 aliphatic heterocycles. The number of carbonyl (C=O) groups excluding carboxylic acids is 7. The zero-order valence-electron chi connectivity index (χ0n) is 69.3. The van der Waals surface area contributed by atoms with Crippen molar-refractivity contribution in [1.29, 1.82) is 0 Å². The predicted molar refractivity (Wildman–Crippen MR) is 469 cm³/mol. The van der Waals surface area contributed by atoms with E-state index in [4.69, 9.17) is 0 Å². The van der Waals surface area contributed by atoms with Gasteiger partial charge in [0, 0.05) is 121 Å². The largest absolute Gasteiger partial charge is 0.462 e. The van der Waals surface area contributed by atoms with Crippen molar-refractivity contribution >= 4 is 162 Å². The van der Waals surface area contributed by atoms with Gasteiger partial charge in [-0.15, -0.1) is 0 Å². The first-order valence-corrected chi connectivity index (χ1v) is 40.7. The van der Waals surface area contributed by atoms with E-state index in [2.05, 4.69) is 85.8 Å². The zero-order chi connectivity index (χ0) is 92.3. The third kappa shape index (κ3) is 15.3. The maximum absolute atomic E-state index is 14.0. The van der Waals surface area contributed by atoms with Crippen LogP contribution >= 0.6 is 15.9 Å². The molecular formula is C98H73BrF15N7O7. The van der Waals surface area contributed by atoms with Crippen molar-refractivity contribution in [2.24, 2.45) is 11.8 Å². The minimum absolute atomic E-state index is 0.0367. The van der Waals surface area contributed by atoms with Gasteiger partial charge >= 0.3 is 24.3 Å². The van der Waals surface area contributed by atoms with Gasteiger partial charge in [0.1, 0.15) is 6.54 Å². The number of hydrogen-bond donors (Lipinski definition) is 0. The van der Waals surface area contributed by atoms with Crippen LogP contribution in [0.2, 0.25) is 0 Å². The summed E-state index contributed by atoms with van der Waals surface area (Å²) in [7, 11) is 5.49. The molecular weight excluding hydrogens is 1750 g/mol. The number of nitrogens with zero attached hydrogens (tertiary/aromatic N) is 7. The van der Waals surface area contributed by atoms with E-state index in [0.717, 1.165) is 117 Å². The highest BCUT2D eigenvalue weighted by Crippen LogP contribution is 2.54. The third-order valence-corrected chi connectivity index (χ3v) is 23.7. The van der Waals surface area contributed by atoms with E-state index in [1.54, 1.807) is 89.3 Å². The molecule has 0 bridgehead atoms. The van der Waals surface area contributed by atoms with Crippen LogP contribution in [0, 0.1) is 47.8 Å². The van der Waals surface area contributed by atoms with Crippen molar-refractivity contribution < 1.29 is 99.4 Å². The molecule has 14 aromatic carbocycles. The second kappa shape index (κ2) is 33.6. The highest BCUT2D eigenvalue weighted by Gasteiger charge is 2.77. The lowest BCUT2D eigenvalue weighted by Crippen LogP contribution is -2.62. The minimum atomic E-state index is -6.51. The fourth-order valence-electron chi connectivity index (χ4n) is 17.0. The number of rotatable bonds is 12. The summed E-state index contributed by atoms with van der Waals surface area (Å²) in [5.41, 5.74) is 9.93. The van der Waals surface area contributed by atoms with Crippen LogP contribution in [0.1, 0.15) is 118 Å². The Labute approximate surface area is 729 Å². The smallest absolute Gasteiger partial charge is 0.371 e. The second-order valence-electron chi connectivity index (χ2n) is 32.1. The summed E-state index contributed by atoms with van der Waals surface area (Å²) < 4.78 is 198. The van der Waals surface area contributed by atoms with Gasteiger partial charge in [-0.05, 0) is 154 Å². The number of Topliss-reactive ketones (excluding diaryl/α,β-unsaturated/α-hetero) is 1. The second-order valence-corrected chi connectivity index (χ2v) is 33.0. The van der Waals surface area contributed by atoms with Gasteiger partial charge in [-0.3, -0.25) is 38.5 Å². The summed E-state index contributed by atoms with van der Waals surface area (Å²) in [6.45, 7) is 12.7. The van der Waals surface area contributed by atoms with Gasteiger partial charge in [0.15, 0.2) is 29.1 Å². The van der Waals surface area contributed by atoms with Crippen molar-refractivity contribution in [3.8, 4) is 11.1 Å². The SMILES string of the molecule is CC(=O)c1ccc(-c2ccc3c4c(cccc24)C(=O)N3C)cc1.CC(C)CN(CC(C)C)c1ccc2c3c(cccc13)C(=O)N2C.Cc1ccc2c3c(cccc13)C(=O)N2C.O=C1c2cccc3c(Br)ccc(c23)N1CC(F)(F)F.O=C1c2cccc3cccc(c23)N1C(F)(F)C(F)(F)C(F)(F)F.O=C1c2cccc3cccc(c23)N1Cc1c(F)c(F)c(F)c(F)c1F. The van der Waals surface area contributed by atoms with E-state index < -0.39 is 100 Å². The van der Waals surface area contributed by atoms with Crippen LogP contribution in [-0.2, 0) is 6.54 Å². The molecule has 0 saturated heterocycles. The van der Waals surface area contributed by atoms with Crippen LogP contribution in [0.15, 0.2) is 223 Å². The van der Waals surface area contributed by atoms with Crippen LogP contribution in [0.4, 0.5) is 106 Å². The Morgan fingerprint density at radius 3 is 1.27 bits per heavy atom. The Morgan fingerprint density at radius 2 is 0.766 bits per heavy atom. The highest BCUT2D eigenvalue weighted by molar-refractivity contribution is 9.10. The summed E-state index contributed by atoms with van der Waals surface area (Å²) >= 11 is 3.34. The summed E-state index contributed by atoms with van der Waals surface area (Å²) in [6.07, 6.45) is -10.9. The normalized spacial score (nSPS) is 14.0. The Kier molecular flexibility index (Phi) is 23.4. The van der Waals surface area contributed by atoms with Gasteiger partial charge in [0.25, 0.3) is 35.4 Å². The first-order chi connectivity index (χ1) is 60.5. The standard InChI is InChI=1S/C20H26N2O.C20H15NO2.C18H8F5NO.C14H6F7NO.C13H7BrF3NO.C13H11NO/c1-13(2)11-22(12-14(3)4)17-9-10-18-19-15(17)7-6-8-16(19)20(23)21(18)5;1-12(22)13-6-8-14(9-7-13)15-10-11-18-19-16(15)4-3-5-17(19)20(23)21(18)2;19-13-10(14(20)16(22)17(23)15(13)21)7-24-11-6-2-4-8-3-1-5-9(12(8)11)18(24)25;15-12(16,13(17,18)19)14(20,21)22-9-6-2-4-7-3-1-5-8(10(7)9)11(22)23;14-9-4-5-10-11-7(9)2-1-3-8(11)12(19)18(10)6-13(15,16)17;1-8-6-7-11-12-9(8)4-3-5-10(12)13(15)14(11)2/h6-10,13-14H,11-12H2,1-5H3;3-11H,1-2H3;1-6H,7H2;1-6H;1-5H,6H2;3-7H,1-2H3. The molecule has 654 valence electrons. The third-order valence-electron chi connectivity index (χ3n) is 23.0. The van der Waals surface area contributed by atoms with Crippen molar-refractivity contribution in [3.05, 3.63) is 302 Å². The average Bonchev–Trinajstić information content (AvgIpc) is 1.54. The molecule has 6 amide bonds. The number of anilines is 7. The minimum Gasteiger partial charge on any atom is -0.371 e. The topological polar surface area (TPSA) is 142 Å². The van der Waals surface area contributed by atoms with Crippen LogP contribution in [0.25, 0.3) is 75.8 Å². The predicted octanol–water partition coefficient (Wildman–Crippen LogP) is 25.0. The molecule has 6 aliphatic rings. The molecule has 14 aromatic rings. The van der Waals surface area contributed by atoms with E-state index in [1.807, 2.05) is 99.0 Å². The molecule has 0 atom stereocenters. The number of aryl methyl sites for hydroxylation is 1. The van der Waals surface area contributed by atoms with Crippen LogP contribution < -0.4 is 34.3 Å². The van der Waals surface area contributed by atoms with E-state index >= 15 is 0 Å². The molecule has 14 nitrogen and oxygen atoms in total. The molecule has 0 unspecified atom stereocenters. The highest BCUT2D eigenvalue weighted by atomic mass is 79.9. The van der Waals surface area contributed by atoms with Crippen molar-refractivity contribution in [1.82, 2.24) is 0 Å². The Hall–Kier alpha value is -13.6. The fraction of sp³-hybridized carbons (Fsp3) is 0.194. The van der Waals surface area contributed by atoms with Crippen molar-refractivity contribution in [2.45, 2.75) is 72.4 Å². The monoisotopic (exact) mass is 1820 g/mol. The number of ketones is 1. The molecule has 0 spiro atoms. The lowest BCUT2D eigenvalue weighted by atomic mass is 9.95. The lowest BCUT2D eigenvalue weighted by Gasteiger charge is -2.34. The molecule has 30 heteroatoms. The van der Waals surface area contributed by atoms with Gasteiger partial charge in [0.2, 0.25) is 5.82 Å². The molecule has 128 heavy (non-hydrogen) atoms. The Morgan fingerprint density at radius 1 is 0.383 bits per heavy atom. The summed E-state index contributed by atoms with van der Waals surface area (Å²) in [5.74, 6) is -17.8. The van der Waals surface area contributed by atoms with Gasteiger partial charge in [-0.25, -0.2) is 26.9 Å².